The number of aromatic hydroxyl groups is 1. The second-order valence-electron chi connectivity index (χ2n) is 7.80. The van der Waals surface area contributed by atoms with Gasteiger partial charge >= 0.3 is 0 Å². The average molecular weight is 493 g/mol. The Morgan fingerprint density at radius 2 is 1.80 bits per heavy atom. The Morgan fingerprint density at radius 3 is 2.49 bits per heavy atom. The number of phenolic OH excluding ortho intramolecular Hbond substituents is 1. The number of carbonyl (C=O) groups excluding carboxylic acids is 1. The SMILES string of the molecule is C/C(=N\NC(=O)c1ccc(O)cc1)c1cn(S(=O)(=O)c2cccc([N+](=O)[O-])c2)c2cc(C)ccc12. The summed E-state index contributed by atoms with van der Waals surface area (Å²) < 4.78 is 28.0. The summed E-state index contributed by atoms with van der Waals surface area (Å²) in [6.45, 7) is 3.44. The number of hydrogen-bond acceptors (Lipinski definition) is 7. The highest BCUT2D eigenvalue weighted by molar-refractivity contribution is 7.90. The fourth-order valence-corrected chi connectivity index (χ4v) is 4.94. The zero-order valence-electron chi connectivity index (χ0n) is 18.7. The topological polar surface area (TPSA) is 144 Å². The predicted molar refractivity (Wildman–Crippen MR) is 130 cm³/mol. The van der Waals surface area contributed by atoms with Crippen LogP contribution in [0.4, 0.5) is 5.69 Å². The molecule has 4 aromatic rings. The number of rotatable bonds is 6. The molecule has 1 aromatic heterocycles. The molecule has 0 unspecified atom stereocenters. The van der Waals surface area contributed by atoms with Crippen LogP contribution in [0.1, 0.15) is 28.4 Å². The molecule has 0 bridgehead atoms. The maximum absolute atomic E-state index is 13.5. The number of carbonyl (C=O) groups is 1. The number of fused-ring (bicyclic) bond motifs is 1. The van der Waals surface area contributed by atoms with Crippen molar-refractivity contribution in [1.82, 2.24) is 9.40 Å². The highest BCUT2D eigenvalue weighted by Crippen LogP contribution is 2.28. The van der Waals surface area contributed by atoms with E-state index in [-0.39, 0.29) is 21.9 Å². The fourth-order valence-electron chi connectivity index (χ4n) is 3.54. The second-order valence-corrected chi connectivity index (χ2v) is 9.62. The Hall–Kier alpha value is -4.51. The number of phenols is 1. The molecule has 0 spiro atoms. The van der Waals surface area contributed by atoms with E-state index in [2.05, 4.69) is 10.5 Å². The molecule has 2 N–H and O–H groups in total. The molecule has 0 fully saturated rings. The van der Waals surface area contributed by atoms with Gasteiger partial charge in [-0.05, 0) is 55.8 Å². The van der Waals surface area contributed by atoms with Gasteiger partial charge < -0.3 is 5.11 Å². The third-order valence-electron chi connectivity index (χ3n) is 5.36. The highest BCUT2D eigenvalue weighted by atomic mass is 32.2. The first-order chi connectivity index (χ1) is 16.6. The van der Waals surface area contributed by atoms with Crippen LogP contribution in [-0.2, 0) is 10.0 Å². The van der Waals surface area contributed by atoms with Crippen LogP contribution in [0, 0.1) is 17.0 Å². The van der Waals surface area contributed by atoms with Gasteiger partial charge in [0.15, 0.2) is 0 Å². The smallest absolute Gasteiger partial charge is 0.271 e. The van der Waals surface area contributed by atoms with Gasteiger partial charge in [0.05, 0.1) is 21.0 Å². The molecular weight excluding hydrogens is 472 g/mol. The molecule has 178 valence electrons. The molecule has 1 amide bonds. The number of aryl methyl sites for hydroxylation is 1. The number of nitro groups is 1. The van der Waals surface area contributed by atoms with Crippen molar-refractivity contribution >= 4 is 38.2 Å². The summed E-state index contributed by atoms with van der Waals surface area (Å²) in [5, 5.41) is 25.2. The Kier molecular flexibility index (Phi) is 6.10. The van der Waals surface area contributed by atoms with Gasteiger partial charge in [0.2, 0.25) is 0 Å². The summed E-state index contributed by atoms with van der Waals surface area (Å²) in [4.78, 5) is 22.6. The van der Waals surface area contributed by atoms with Gasteiger partial charge in [-0.1, -0.05) is 18.2 Å². The van der Waals surface area contributed by atoms with Crippen molar-refractivity contribution in [3.05, 3.63) is 99.7 Å². The lowest BCUT2D eigenvalue weighted by Gasteiger charge is -2.08. The zero-order chi connectivity index (χ0) is 25.3. The maximum Gasteiger partial charge on any atom is 0.271 e. The van der Waals surface area contributed by atoms with Crippen molar-refractivity contribution in [3.8, 4) is 5.75 Å². The van der Waals surface area contributed by atoms with E-state index >= 15 is 0 Å². The summed E-state index contributed by atoms with van der Waals surface area (Å²) in [6.07, 6.45) is 1.38. The zero-order valence-corrected chi connectivity index (χ0v) is 19.5. The van der Waals surface area contributed by atoms with Crippen molar-refractivity contribution in [2.45, 2.75) is 18.7 Å². The van der Waals surface area contributed by atoms with E-state index in [0.29, 0.717) is 22.2 Å². The van der Waals surface area contributed by atoms with E-state index in [0.717, 1.165) is 15.6 Å². The number of nitrogens with zero attached hydrogens (tertiary/aromatic N) is 3. The quantitative estimate of drug-likeness (QED) is 0.237. The van der Waals surface area contributed by atoms with Gasteiger partial charge in [-0.25, -0.2) is 17.8 Å². The van der Waals surface area contributed by atoms with Gasteiger partial charge in [0.25, 0.3) is 21.6 Å². The molecule has 3 aromatic carbocycles. The van der Waals surface area contributed by atoms with Crippen molar-refractivity contribution in [2.75, 3.05) is 0 Å². The maximum atomic E-state index is 13.5. The van der Waals surface area contributed by atoms with Gasteiger partial charge in [0, 0.05) is 34.8 Å². The van der Waals surface area contributed by atoms with E-state index in [1.807, 2.05) is 13.0 Å². The number of nitro benzene ring substituents is 1. The Morgan fingerprint density at radius 1 is 1.09 bits per heavy atom. The molecule has 0 radical (unpaired) electrons. The molecule has 11 heteroatoms. The van der Waals surface area contributed by atoms with Crippen LogP contribution in [0.25, 0.3) is 10.9 Å². The van der Waals surface area contributed by atoms with E-state index in [1.54, 1.807) is 19.1 Å². The first-order valence-corrected chi connectivity index (χ1v) is 11.8. The Bertz CT molecular complexity index is 1610. The number of nitrogens with one attached hydrogen (secondary N) is 1. The standard InChI is InChI=1S/C24H20N4O6S/c1-15-6-11-21-22(16(2)25-26-24(30)17-7-9-19(29)10-8-17)14-27(23(21)12-15)35(33,34)20-5-3-4-18(13-20)28(31)32/h3-14,29H,1-2H3,(H,26,30)/b25-16+. The van der Waals surface area contributed by atoms with E-state index in [4.69, 9.17) is 0 Å². The van der Waals surface area contributed by atoms with Crippen molar-refractivity contribution in [1.29, 1.82) is 0 Å². The molecule has 0 saturated carbocycles. The monoisotopic (exact) mass is 492 g/mol. The van der Waals surface area contributed by atoms with Crippen LogP contribution < -0.4 is 5.43 Å². The summed E-state index contributed by atoms with van der Waals surface area (Å²) in [6, 6.07) is 15.7. The van der Waals surface area contributed by atoms with Crippen molar-refractivity contribution in [2.24, 2.45) is 5.10 Å². The molecule has 4 rings (SSSR count). The van der Waals surface area contributed by atoms with E-state index in [1.165, 1.54) is 48.7 Å². The van der Waals surface area contributed by atoms with Crippen LogP contribution in [0.3, 0.4) is 0 Å². The van der Waals surface area contributed by atoms with E-state index < -0.39 is 20.9 Å². The van der Waals surface area contributed by atoms with E-state index in [9.17, 15) is 28.4 Å². The second kappa shape index (κ2) is 9.03. The van der Waals surface area contributed by atoms with Crippen LogP contribution in [0.5, 0.6) is 5.75 Å². The first kappa shape index (κ1) is 23.6. The van der Waals surface area contributed by atoms with Crippen LogP contribution >= 0.6 is 0 Å². The molecular formula is C24H20N4O6S. The molecule has 1 heterocycles. The molecule has 0 saturated heterocycles. The number of hydrogen-bond donors (Lipinski definition) is 2. The lowest BCUT2D eigenvalue weighted by molar-refractivity contribution is -0.385. The number of hydrazone groups is 1. The fraction of sp³-hybridized carbons (Fsp3) is 0.0833. The summed E-state index contributed by atoms with van der Waals surface area (Å²) in [7, 11) is -4.18. The number of aromatic nitrogens is 1. The van der Waals surface area contributed by atoms with Crippen LogP contribution in [-0.4, -0.2) is 34.0 Å². The molecule has 0 aliphatic heterocycles. The summed E-state index contributed by atoms with van der Waals surface area (Å²) >= 11 is 0. The van der Waals surface area contributed by atoms with Crippen LogP contribution in [0.15, 0.2) is 82.9 Å². The van der Waals surface area contributed by atoms with Crippen LogP contribution in [0.2, 0.25) is 0 Å². The number of benzene rings is 3. The minimum absolute atomic E-state index is 0.0225. The molecule has 0 aliphatic rings. The van der Waals surface area contributed by atoms with Gasteiger partial charge in [0.1, 0.15) is 5.75 Å². The lowest BCUT2D eigenvalue weighted by atomic mass is 10.1. The largest absolute Gasteiger partial charge is 0.508 e. The van der Waals surface area contributed by atoms with Gasteiger partial charge in [-0.2, -0.15) is 5.10 Å². The normalized spacial score (nSPS) is 12.0. The van der Waals surface area contributed by atoms with Gasteiger partial charge in [-0.3, -0.25) is 14.9 Å². The molecule has 0 aliphatic carbocycles. The third-order valence-corrected chi connectivity index (χ3v) is 7.03. The predicted octanol–water partition coefficient (Wildman–Crippen LogP) is 3.95. The minimum atomic E-state index is -4.18. The minimum Gasteiger partial charge on any atom is -0.508 e. The summed E-state index contributed by atoms with van der Waals surface area (Å²) in [5.74, 6) is -0.484. The Balaban J connectivity index is 1.77. The first-order valence-electron chi connectivity index (χ1n) is 10.3. The third kappa shape index (κ3) is 4.62. The van der Waals surface area contributed by atoms with Gasteiger partial charge in [-0.15, -0.1) is 0 Å². The summed E-state index contributed by atoms with van der Waals surface area (Å²) in [5.41, 5.74) is 4.35. The van der Waals surface area contributed by atoms with Crippen molar-refractivity contribution in [3.63, 3.8) is 0 Å². The lowest BCUT2D eigenvalue weighted by Crippen LogP contribution is -2.19. The number of amides is 1. The molecule has 0 atom stereocenters. The highest BCUT2D eigenvalue weighted by Gasteiger charge is 2.24. The van der Waals surface area contributed by atoms with Crippen molar-refractivity contribution < 1.29 is 23.2 Å². The molecule has 10 nitrogen and oxygen atoms in total. The Labute approximate surface area is 200 Å². The number of non-ortho nitro benzene ring substituents is 1. The average Bonchev–Trinajstić information content (AvgIpc) is 3.22. The molecule has 35 heavy (non-hydrogen) atoms.